The molecule has 0 radical (unpaired) electrons. The third kappa shape index (κ3) is 3.25. The zero-order chi connectivity index (χ0) is 18.1. The first-order valence-corrected chi connectivity index (χ1v) is 9.83. The number of anilines is 1. The fourth-order valence-electron chi connectivity index (χ4n) is 4.32. The van der Waals surface area contributed by atoms with E-state index in [1.54, 1.807) is 6.26 Å². The molecule has 4 rings (SSSR count). The maximum atomic E-state index is 13.1. The average molecular weight is 352 g/mol. The molecule has 2 atom stereocenters. The van der Waals surface area contributed by atoms with Gasteiger partial charge in [0.05, 0.1) is 18.4 Å². The van der Waals surface area contributed by atoms with Crippen LogP contribution >= 0.6 is 0 Å². The van der Waals surface area contributed by atoms with E-state index in [9.17, 15) is 4.79 Å². The fourth-order valence-corrected chi connectivity index (χ4v) is 4.32. The van der Waals surface area contributed by atoms with Gasteiger partial charge in [0.2, 0.25) is 0 Å². The summed E-state index contributed by atoms with van der Waals surface area (Å²) < 4.78 is 5.77. The molecule has 1 aromatic heterocycles. The number of hydrogen-bond donors (Lipinski definition) is 0. The van der Waals surface area contributed by atoms with E-state index in [1.807, 2.05) is 11.0 Å². The number of furan rings is 1. The van der Waals surface area contributed by atoms with Gasteiger partial charge in [-0.2, -0.15) is 0 Å². The van der Waals surface area contributed by atoms with Crippen molar-refractivity contribution in [3.05, 3.63) is 53.5 Å². The summed E-state index contributed by atoms with van der Waals surface area (Å²) in [6.45, 7) is 6.88. The molecular formula is C22H28N2O2. The third-order valence-corrected chi connectivity index (χ3v) is 5.94. The first kappa shape index (κ1) is 17.2. The summed E-state index contributed by atoms with van der Waals surface area (Å²) in [6, 6.07) is 10.8. The van der Waals surface area contributed by atoms with Crippen LogP contribution in [0.5, 0.6) is 0 Å². The van der Waals surface area contributed by atoms with Gasteiger partial charge in [-0.3, -0.25) is 4.79 Å². The maximum Gasteiger partial charge on any atom is 0.257 e. The molecule has 1 saturated heterocycles. The molecule has 0 N–H and O–H groups in total. The lowest BCUT2D eigenvalue weighted by atomic mass is 10.0. The van der Waals surface area contributed by atoms with Gasteiger partial charge >= 0.3 is 0 Å². The van der Waals surface area contributed by atoms with Gasteiger partial charge in [0.15, 0.2) is 0 Å². The molecule has 1 fully saturated rings. The molecule has 4 nitrogen and oxygen atoms in total. The summed E-state index contributed by atoms with van der Waals surface area (Å²) in [4.78, 5) is 17.5. The molecular weight excluding hydrogens is 324 g/mol. The Morgan fingerprint density at radius 3 is 2.88 bits per heavy atom. The molecule has 3 heterocycles. The van der Waals surface area contributed by atoms with E-state index in [4.69, 9.17) is 4.42 Å². The minimum atomic E-state index is 0.128. The van der Waals surface area contributed by atoms with Crippen LogP contribution < -0.4 is 4.90 Å². The van der Waals surface area contributed by atoms with Gasteiger partial charge in [-0.15, -0.1) is 0 Å². The Morgan fingerprint density at radius 1 is 1.15 bits per heavy atom. The van der Waals surface area contributed by atoms with Crippen LogP contribution in [0.1, 0.15) is 54.8 Å². The van der Waals surface area contributed by atoms with E-state index < -0.39 is 0 Å². The van der Waals surface area contributed by atoms with Gasteiger partial charge in [-0.25, -0.2) is 0 Å². The normalized spacial score (nSPS) is 23.0. The van der Waals surface area contributed by atoms with Crippen LogP contribution in [0, 0.1) is 5.92 Å². The number of nitrogens with zero attached hydrogens (tertiary/aromatic N) is 2. The molecule has 4 heteroatoms. The van der Waals surface area contributed by atoms with Crippen LogP contribution in [0.3, 0.4) is 0 Å². The molecule has 0 saturated carbocycles. The first-order valence-electron chi connectivity index (χ1n) is 9.83. The summed E-state index contributed by atoms with van der Waals surface area (Å²) in [5.41, 5.74) is 3.37. The van der Waals surface area contributed by atoms with Gasteiger partial charge in [-0.05, 0) is 56.2 Å². The second kappa shape index (κ2) is 7.18. The zero-order valence-electron chi connectivity index (χ0n) is 15.8. The van der Waals surface area contributed by atoms with E-state index in [2.05, 4.69) is 43.0 Å². The number of likely N-dealkylation sites (tertiary alicyclic amines) is 1. The highest BCUT2D eigenvalue weighted by atomic mass is 16.3. The lowest BCUT2D eigenvalue weighted by molar-refractivity contribution is 0.0758. The number of carbonyl (C=O) groups excluding carboxylic acids is 1. The van der Waals surface area contributed by atoms with Gasteiger partial charge in [0, 0.05) is 24.8 Å². The van der Waals surface area contributed by atoms with Gasteiger partial charge < -0.3 is 14.2 Å². The number of fused-ring (bicyclic) bond motifs is 1. The van der Waals surface area contributed by atoms with Gasteiger partial charge in [0.25, 0.3) is 5.91 Å². The van der Waals surface area contributed by atoms with Crippen molar-refractivity contribution in [2.45, 2.75) is 52.1 Å². The van der Waals surface area contributed by atoms with E-state index in [0.29, 0.717) is 18.5 Å². The summed E-state index contributed by atoms with van der Waals surface area (Å²) in [7, 11) is 0. The number of rotatable bonds is 3. The molecule has 0 spiro atoms. The quantitative estimate of drug-likeness (QED) is 0.816. The predicted octanol–water partition coefficient (Wildman–Crippen LogP) is 4.49. The van der Waals surface area contributed by atoms with Crippen molar-refractivity contribution in [1.29, 1.82) is 0 Å². The highest BCUT2D eigenvalue weighted by Gasteiger charge is 2.29. The Hall–Kier alpha value is -2.23. The number of para-hydroxylation sites is 1. The van der Waals surface area contributed by atoms with Crippen molar-refractivity contribution in [2.75, 3.05) is 18.0 Å². The van der Waals surface area contributed by atoms with E-state index in [0.717, 1.165) is 43.7 Å². The number of hydrogen-bond acceptors (Lipinski definition) is 3. The van der Waals surface area contributed by atoms with Gasteiger partial charge in [0.1, 0.15) is 5.76 Å². The number of benzene rings is 1. The average Bonchev–Trinajstić information content (AvgIpc) is 3.15. The van der Waals surface area contributed by atoms with Crippen LogP contribution in [0.4, 0.5) is 5.69 Å². The van der Waals surface area contributed by atoms with Crippen molar-refractivity contribution in [3.63, 3.8) is 0 Å². The van der Waals surface area contributed by atoms with Crippen LogP contribution in [-0.4, -0.2) is 29.9 Å². The maximum absolute atomic E-state index is 13.1. The van der Waals surface area contributed by atoms with Crippen molar-refractivity contribution >= 4 is 11.6 Å². The van der Waals surface area contributed by atoms with Crippen molar-refractivity contribution in [1.82, 2.24) is 4.90 Å². The van der Waals surface area contributed by atoms with Crippen LogP contribution in [0.2, 0.25) is 0 Å². The second-order valence-electron chi connectivity index (χ2n) is 7.90. The first-order chi connectivity index (χ1) is 12.6. The number of carbonyl (C=O) groups is 1. The zero-order valence-corrected chi connectivity index (χ0v) is 15.8. The van der Waals surface area contributed by atoms with Crippen molar-refractivity contribution in [3.8, 4) is 0 Å². The molecule has 2 aromatic rings. The third-order valence-electron chi connectivity index (χ3n) is 5.94. The predicted molar refractivity (Wildman–Crippen MR) is 103 cm³/mol. The van der Waals surface area contributed by atoms with Crippen LogP contribution in [0.15, 0.2) is 41.0 Å². The minimum Gasteiger partial charge on any atom is -0.467 e. The van der Waals surface area contributed by atoms with E-state index in [1.165, 1.54) is 17.7 Å². The van der Waals surface area contributed by atoms with Crippen molar-refractivity contribution < 1.29 is 9.21 Å². The molecule has 2 aliphatic heterocycles. The van der Waals surface area contributed by atoms with Crippen LogP contribution in [-0.2, 0) is 13.0 Å². The highest BCUT2D eigenvalue weighted by Crippen LogP contribution is 2.34. The Kier molecular flexibility index (Phi) is 4.75. The minimum absolute atomic E-state index is 0.128. The largest absolute Gasteiger partial charge is 0.467 e. The van der Waals surface area contributed by atoms with Crippen molar-refractivity contribution in [2.24, 2.45) is 5.92 Å². The summed E-state index contributed by atoms with van der Waals surface area (Å²) in [5.74, 6) is 1.62. The smallest absolute Gasteiger partial charge is 0.257 e. The molecule has 138 valence electrons. The molecule has 0 aliphatic carbocycles. The van der Waals surface area contributed by atoms with Gasteiger partial charge in [-0.1, -0.05) is 25.1 Å². The SMILES string of the molecule is CC1CCCN(C(=O)c2ccoc2CN2c3ccccc3CC2C)CC1. The molecule has 2 unspecified atom stereocenters. The standard InChI is InChI=1S/C22H28N2O2/c1-16-6-5-11-23(12-9-16)22(25)19-10-13-26-21(19)15-24-17(2)14-18-7-3-4-8-20(18)24/h3-4,7-8,10,13,16-17H,5-6,9,11-12,14-15H2,1-2H3. The van der Waals surface area contributed by atoms with Crippen LogP contribution in [0.25, 0.3) is 0 Å². The lowest BCUT2D eigenvalue weighted by Gasteiger charge is -2.25. The summed E-state index contributed by atoms with van der Waals surface area (Å²) in [6.07, 6.45) is 6.11. The second-order valence-corrected chi connectivity index (χ2v) is 7.90. The summed E-state index contributed by atoms with van der Waals surface area (Å²) in [5, 5.41) is 0. The lowest BCUT2D eigenvalue weighted by Crippen LogP contribution is -2.33. The Bertz CT molecular complexity index is 782. The molecule has 2 aliphatic rings. The molecule has 0 bridgehead atoms. The fraction of sp³-hybridized carbons (Fsp3) is 0.500. The Morgan fingerprint density at radius 2 is 2.00 bits per heavy atom. The molecule has 1 amide bonds. The molecule has 1 aromatic carbocycles. The number of amides is 1. The topological polar surface area (TPSA) is 36.7 Å². The Balaban J connectivity index is 1.53. The highest BCUT2D eigenvalue weighted by molar-refractivity contribution is 5.95. The molecule has 26 heavy (non-hydrogen) atoms. The van der Waals surface area contributed by atoms with E-state index in [-0.39, 0.29) is 5.91 Å². The van der Waals surface area contributed by atoms with E-state index >= 15 is 0 Å². The monoisotopic (exact) mass is 352 g/mol. The Labute approximate surface area is 155 Å². The summed E-state index contributed by atoms with van der Waals surface area (Å²) >= 11 is 0.